The van der Waals surface area contributed by atoms with Crippen molar-refractivity contribution in [2.75, 3.05) is 0 Å². The van der Waals surface area contributed by atoms with Crippen LogP contribution in [0, 0.1) is 0 Å². The lowest BCUT2D eigenvalue weighted by Gasteiger charge is -2.11. The zero-order chi connectivity index (χ0) is 32.6. The standard InChI is InChI=1S/C45H29N3O/c1-4-12-30(13-5-1)32-20-22-33(23-21-32)34-24-26-36(27-25-34)44-46-43(35-16-8-3-9-17-35)47-45(48-44)40-29-37(31-14-6-2-7-15-31)28-39-38-18-10-11-19-41(38)49-42(39)40/h1-29H. The van der Waals surface area contributed by atoms with Crippen molar-refractivity contribution in [3.8, 4) is 67.5 Å². The zero-order valence-electron chi connectivity index (χ0n) is 26.5. The molecule has 0 bridgehead atoms. The van der Waals surface area contributed by atoms with E-state index in [-0.39, 0.29) is 0 Å². The van der Waals surface area contributed by atoms with E-state index < -0.39 is 0 Å². The number of aromatic nitrogens is 3. The third-order valence-electron chi connectivity index (χ3n) is 8.96. The van der Waals surface area contributed by atoms with Gasteiger partial charge in [0.2, 0.25) is 0 Å². The van der Waals surface area contributed by atoms with E-state index in [1.807, 2.05) is 60.7 Å². The van der Waals surface area contributed by atoms with Crippen molar-refractivity contribution < 1.29 is 4.42 Å². The highest BCUT2D eigenvalue weighted by Gasteiger charge is 2.19. The largest absolute Gasteiger partial charge is 0.455 e. The van der Waals surface area contributed by atoms with Crippen LogP contribution in [0.3, 0.4) is 0 Å². The van der Waals surface area contributed by atoms with Crippen molar-refractivity contribution in [2.45, 2.75) is 0 Å². The summed E-state index contributed by atoms with van der Waals surface area (Å²) >= 11 is 0. The molecule has 0 amide bonds. The monoisotopic (exact) mass is 627 g/mol. The van der Waals surface area contributed by atoms with Gasteiger partial charge < -0.3 is 4.42 Å². The summed E-state index contributed by atoms with van der Waals surface area (Å²) < 4.78 is 6.52. The summed E-state index contributed by atoms with van der Waals surface area (Å²) in [5.74, 6) is 1.77. The van der Waals surface area contributed by atoms with Gasteiger partial charge in [0.25, 0.3) is 0 Å². The highest BCUT2D eigenvalue weighted by molar-refractivity contribution is 6.11. The molecular weight excluding hydrogens is 599 g/mol. The van der Waals surface area contributed by atoms with Crippen molar-refractivity contribution in [3.63, 3.8) is 0 Å². The van der Waals surface area contributed by atoms with Crippen LogP contribution in [0.2, 0.25) is 0 Å². The van der Waals surface area contributed by atoms with Gasteiger partial charge in [0.1, 0.15) is 11.2 Å². The highest BCUT2D eigenvalue weighted by Crippen LogP contribution is 2.39. The number of benzene rings is 7. The fraction of sp³-hybridized carbons (Fsp3) is 0. The molecule has 0 saturated heterocycles. The van der Waals surface area contributed by atoms with Gasteiger partial charge in [0.05, 0.1) is 5.56 Å². The first-order valence-electron chi connectivity index (χ1n) is 16.4. The second-order valence-corrected chi connectivity index (χ2v) is 12.1. The Kier molecular flexibility index (Phi) is 7.10. The molecule has 0 atom stereocenters. The molecule has 230 valence electrons. The number of hydrogen-bond donors (Lipinski definition) is 0. The second kappa shape index (κ2) is 12.2. The third kappa shape index (κ3) is 5.45. The minimum absolute atomic E-state index is 0.561. The smallest absolute Gasteiger partial charge is 0.167 e. The average Bonchev–Trinajstić information content (AvgIpc) is 3.57. The molecule has 0 radical (unpaired) electrons. The molecule has 4 heteroatoms. The quantitative estimate of drug-likeness (QED) is 0.184. The molecule has 0 aliphatic carbocycles. The Balaban J connectivity index is 1.18. The zero-order valence-corrected chi connectivity index (χ0v) is 26.5. The van der Waals surface area contributed by atoms with E-state index in [9.17, 15) is 0 Å². The van der Waals surface area contributed by atoms with Gasteiger partial charge in [-0.2, -0.15) is 0 Å². The van der Waals surface area contributed by atoms with Gasteiger partial charge in [-0.05, 0) is 51.6 Å². The maximum Gasteiger partial charge on any atom is 0.167 e. The molecule has 9 aromatic rings. The van der Waals surface area contributed by atoms with Crippen LogP contribution in [0.4, 0.5) is 0 Å². The molecule has 0 unspecified atom stereocenters. The van der Waals surface area contributed by atoms with Crippen LogP contribution >= 0.6 is 0 Å². The van der Waals surface area contributed by atoms with Crippen LogP contribution < -0.4 is 0 Å². The Morgan fingerprint density at radius 2 is 0.714 bits per heavy atom. The number of hydrogen-bond acceptors (Lipinski definition) is 4. The topological polar surface area (TPSA) is 51.8 Å². The average molecular weight is 628 g/mol. The molecule has 0 aliphatic heterocycles. The van der Waals surface area contributed by atoms with Crippen molar-refractivity contribution in [1.82, 2.24) is 15.0 Å². The Labute approximate surface area is 284 Å². The van der Waals surface area contributed by atoms with Crippen molar-refractivity contribution in [2.24, 2.45) is 0 Å². The maximum absolute atomic E-state index is 6.52. The second-order valence-electron chi connectivity index (χ2n) is 12.1. The summed E-state index contributed by atoms with van der Waals surface area (Å²) in [4.78, 5) is 15.2. The van der Waals surface area contributed by atoms with Crippen molar-refractivity contribution in [3.05, 3.63) is 176 Å². The van der Waals surface area contributed by atoms with Gasteiger partial charge >= 0.3 is 0 Å². The molecular formula is C45H29N3O. The predicted molar refractivity (Wildman–Crippen MR) is 200 cm³/mol. The van der Waals surface area contributed by atoms with E-state index in [1.54, 1.807) is 0 Å². The van der Waals surface area contributed by atoms with E-state index in [1.165, 1.54) is 11.1 Å². The van der Waals surface area contributed by atoms with Crippen LogP contribution in [-0.4, -0.2) is 15.0 Å². The lowest BCUT2D eigenvalue weighted by Crippen LogP contribution is -2.00. The van der Waals surface area contributed by atoms with Gasteiger partial charge in [-0.15, -0.1) is 0 Å². The van der Waals surface area contributed by atoms with Crippen LogP contribution in [0.5, 0.6) is 0 Å². The fourth-order valence-electron chi connectivity index (χ4n) is 6.43. The summed E-state index contributed by atoms with van der Waals surface area (Å²) in [6.07, 6.45) is 0. The summed E-state index contributed by atoms with van der Waals surface area (Å²) in [5, 5.41) is 2.08. The Bertz CT molecular complexity index is 2560. The third-order valence-corrected chi connectivity index (χ3v) is 8.96. The van der Waals surface area contributed by atoms with Crippen molar-refractivity contribution in [1.29, 1.82) is 0 Å². The van der Waals surface area contributed by atoms with Crippen LogP contribution in [0.15, 0.2) is 180 Å². The van der Waals surface area contributed by atoms with E-state index >= 15 is 0 Å². The van der Waals surface area contributed by atoms with Crippen LogP contribution in [0.25, 0.3) is 89.5 Å². The minimum atomic E-state index is 0.561. The summed E-state index contributed by atoms with van der Waals surface area (Å²) in [7, 11) is 0. The SMILES string of the molecule is c1ccc(-c2ccc(-c3ccc(-c4nc(-c5ccccc5)nc(-c5cc(-c6ccccc6)cc6c5oc5ccccc56)n4)cc3)cc2)cc1. The molecule has 2 heterocycles. The number of furan rings is 1. The van der Waals surface area contributed by atoms with E-state index in [0.29, 0.717) is 17.5 Å². The van der Waals surface area contributed by atoms with Crippen molar-refractivity contribution >= 4 is 21.9 Å². The van der Waals surface area contributed by atoms with E-state index in [4.69, 9.17) is 19.4 Å². The first-order chi connectivity index (χ1) is 24.3. The van der Waals surface area contributed by atoms with E-state index in [0.717, 1.165) is 60.9 Å². The molecule has 0 spiro atoms. The molecule has 0 fully saturated rings. The van der Waals surface area contributed by atoms with Gasteiger partial charge in [0, 0.05) is 21.9 Å². The molecule has 7 aromatic carbocycles. The summed E-state index contributed by atoms with van der Waals surface area (Å²) in [6.45, 7) is 0. The Morgan fingerprint density at radius 1 is 0.306 bits per heavy atom. The van der Waals surface area contributed by atoms with Gasteiger partial charge in [-0.25, -0.2) is 15.0 Å². The van der Waals surface area contributed by atoms with Gasteiger partial charge in [-0.3, -0.25) is 0 Å². The molecule has 2 aromatic heterocycles. The number of fused-ring (bicyclic) bond motifs is 3. The lowest BCUT2D eigenvalue weighted by molar-refractivity contribution is 0.669. The Morgan fingerprint density at radius 3 is 1.29 bits per heavy atom. The lowest BCUT2D eigenvalue weighted by atomic mass is 9.98. The first kappa shape index (κ1) is 28.6. The Hall–Kier alpha value is -6.65. The first-order valence-corrected chi connectivity index (χ1v) is 16.4. The van der Waals surface area contributed by atoms with Crippen LogP contribution in [0.1, 0.15) is 0 Å². The fourth-order valence-corrected chi connectivity index (χ4v) is 6.43. The summed E-state index contributed by atoms with van der Waals surface area (Å²) in [6, 6.07) is 60.5. The van der Waals surface area contributed by atoms with Gasteiger partial charge in [0.15, 0.2) is 17.5 Å². The summed E-state index contributed by atoms with van der Waals surface area (Å²) in [5.41, 5.74) is 11.1. The molecule has 49 heavy (non-hydrogen) atoms. The number of para-hydroxylation sites is 1. The molecule has 0 N–H and O–H groups in total. The number of rotatable bonds is 6. The van der Waals surface area contributed by atoms with Gasteiger partial charge in [-0.1, -0.05) is 158 Å². The maximum atomic E-state index is 6.52. The number of nitrogens with zero attached hydrogens (tertiary/aromatic N) is 3. The molecule has 9 rings (SSSR count). The highest BCUT2D eigenvalue weighted by atomic mass is 16.3. The molecule has 0 aliphatic rings. The van der Waals surface area contributed by atoms with Crippen LogP contribution in [-0.2, 0) is 0 Å². The molecule has 4 nitrogen and oxygen atoms in total. The van der Waals surface area contributed by atoms with E-state index in [2.05, 4.69) is 115 Å². The minimum Gasteiger partial charge on any atom is -0.455 e. The normalized spacial score (nSPS) is 11.3. The predicted octanol–water partition coefficient (Wildman–Crippen LogP) is 11.8. The molecule has 0 saturated carbocycles.